The van der Waals surface area contributed by atoms with Crippen molar-refractivity contribution in [3.63, 3.8) is 0 Å². The second-order valence-corrected chi connectivity index (χ2v) is 6.90. The third-order valence-electron chi connectivity index (χ3n) is 4.36. The Bertz CT molecular complexity index is 643. The van der Waals surface area contributed by atoms with Crippen LogP contribution < -0.4 is 10.1 Å². The minimum atomic E-state index is -0.0617. The smallest absolute Gasteiger partial charge is 0.317 e. The van der Waals surface area contributed by atoms with Crippen LogP contribution in [0.1, 0.15) is 41.8 Å². The van der Waals surface area contributed by atoms with Crippen molar-refractivity contribution in [2.24, 2.45) is 0 Å². The Hall–Kier alpha value is -2.24. The zero-order valence-corrected chi connectivity index (χ0v) is 15.9. The molecule has 3 amide bonds. The van der Waals surface area contributed by atoms with Gasteiger partial charge in [0.05, 0.1) is 12.7 Å². The number of hydrogen-bond acceptors (Lipinski definition) is 3. The second kappa shape index (κ2) is 8.23. The molecule has 1 fully saturated rings. The lowest BCUT2D eigenvalue weighted by molar-refractivity contribution is 0.0758. The van der Waals surface area contributed by atoms with Gasteiger partial charge in [0.15, 0.2) is 0 Å². The number of amides is 3. The van der Waals surface area contributed by atoms with Gasteiger partial charge in [0.25, 0.3) is 5.91 Å². The number of urea groups is 1. The molecule has 0 radical (unpaired) electrons. The molecule has 0 bridgehead atoms. The molecule has 25 heavy (non-hydrogen) atoms. The van der Waals surface area contributed by atoms with E-state index in [4.69, 9.17) is 4.74 Å². The highest BCUT2D eigenvalue weighted by molar-refractivity contribution is 5.98. The maximum atomic E-state index is 13.0. The van der Waals surface area contributed by atoms with Crippen LogP contribution in [-0.4, -0.2) is 61.1 Å². The van der Waals surface area contributed by atoms with Crippen LogP contribution in [0.2, 0.25) is 0 Å². The van der Waals surface area contributed by atoms with E-state index in [2.05, 4.69) is 5.32 Å². The molecule has 1 aliphatic heterocycles. The van der Waals surface area contributed by atoms with Gasteiger partial charge in [-0.3, -0.25) is 4.79 Å². The quantitative estimate of drug-likeness (QED) is 0.914. The van der Waals surface area contributed by atoms with Crippen LogP contribution in [0.15, 0.2) is 12.1 Å². The van der Waals surface area contributed by atoms with E-state index in [1.165, 1.54) is 0 Å². The summed E-state index contributed by atoms with van der Waals surface area (Å²) in [6, 6.07) is 3.93. The van der Waals surface area contributed by atoms with Gasteiger partial charge in [0, 0.05) is 32.2 Å². The topological polar surface area (TPSA) is 61.9 Å². The van der Waals surface area contributed by atoms with Gasteiger partial charge in [-0.05, 0) is 51.3 Å². The largest absolute Gasteiger partial charge is 0.496 e. The summed E-state index contributed by atoms with van der Waals surface area (Å²) in [5.41, 5.74) is 2.60. The number of carbonyl (C=O) groups excluding carboxylic acids is 2. The van der Waals surface area contributed by atoms with Crippen molar-refractivity contribution >= 4 is 11.9 Å². The van der Waals surface area contributed by atoms with Crippen LogP contribution in [0.3, 0.4) is 0 Å². The molecule has 138 valence electrons. The average molecular weight is 347 g/mol. The molecule has 6 nitrogen and oxygen atoms in total. The van der Waals surface area contributed by atoms with Crippen LogP contribution in [0.5, 0.6) is 5.75 Å². The Balaban J connectivity index is 2.13. The van der Waals surface area contributed by atoms with Gasteiger partial charge in [-0.1, -0.05) is 6.07 Å². The molecular weight excluding hydrogens is 318 g/mol. The Morgan fingerprint density at radius 1 is 1.08 bits per heavy atom. The van der Waals surface area contributed by atoms with E-state index in [0.29, 0.717) is 37.5 Å². The predicted molar refractivity (Wildman–Crippen MR) is 98.2 cm³/mol. The first-order valence-corrected chi connectivity index (χ1v) is 8.83. The highest BCUT2D eigenvalue weighted by Gasteiger charge is 2.26. The maximum Gasteiger partial charge on any atom is 0.317 e. The highest BCUT2D eigenvalue weighted by atomic mass is 16.5. The molecule has 1 saturated heterocycles. The third kappa shape index (κ3) is 4.65. The first kappa shape index (κ1) is 19.1. The van der Waals surface area contributed by atoms with E-state index in [1.54, 1.807) is 12.0 Å². The van der Waals surface area contributed by atoms with Crippen molar-refractivity contribution in [1.82, 2.24) is 15.1 Å². The van der Waals surface area contributed by atoms with E-state index in [0.717, 1.165) is 17.5 Å². The van der Waals surface area contributed by atoms with Crippen LogP contribution in [-0.2, 0) is 0 Å². The molecule has 0 aliphatic carbocycles. The molecule has 6 heteroatoms. The lowest BCUT2D eigenvalue weighted by Crippen LogP contribution is -2.44. The molecule has 1 aromatic rings. The van der Waals surface area contributed by atoms with Gasteiger partial charge in [0.1, 0.15) is 5.75 Å². The number of methoxy groups -OCH3 is 1. The molecule has 1 aromatic carbocycles. The molecule has 0 aromatic heterocycles. The van der Waals surface area contributed by atoms with Gasteiger partial charge in [0.2, 0.25) is 0 Å². The normalized spacial score (nSPS) is 15.1. The molecule has 0 atom stereocenters. The third-order valence-corrected chi connectivity index (χ3v) is 4.36. The molecule has 0 saturated carbocycles. The summed E-state index contributed by atoms with van der Waals surface area (Å²) in [7, 11) is 1.59. The van der Waals surface area contributed by atoms with Crippen LogP contribution in [0.4, 0.5) is 4.79 Å². The fraction of sp³-hybridized carbons (Fsp3) is 0.579. The minimum Gasteiger partial charge on any atom is -0.496 e. The lowest BCUT2D eigenvalue weighted by atomic mass is 10.0. The summed E-state index contributed by atoms with van der Waals surface area (Å²) in [6.45, 7) is 10.2. The minimum absolute atomic E-state index is 0.0273. The van der Waals surface area contributed by atoms with Crippen LogP contribution in [0, 0.1) is 13.8 Å². The fourth-order valence-corrected chi connectivity index (χ4v) is 3.18. The van der Waals surface area contributed by atoms with E-state index >= 15 is 0 Å². The number of aryl methyl sites for hydroxylation is 2. The predicted octanol–water partition coefficient (Wildman–Crippen LogP) is 2.58. The van der Waals surface area contributed by atoms with Gasteiger partial charge in [-0.25, -0.2) is 4.79 Å². The molecule has 1 heterocycles. The van der Waals surface area contributed by atoms with Crippen LogP contribution >= 0.6 is 0 Å². The SMILES string of the molecule is COc1cc(C)cc(C)c1C(=O)N1CCCN(C(=O)NC(C)C)CC1. The first-order valence-electron chi connectivity index (χ1n) is 8.83. The standard InChI is InChI=1S/C19H29N3O3/c1-13(2)20-19(24)22-8-6-7-21(9-10-22)18(23)17-15(4)11-14(3)12-16(17)25-5/h11-13H,6-10H2,1-5H3,(H,20,24). The summed E-state index contributed by atoms with van der Waals surface area (Å²) < 4.78 is 5.43. The maximum absolute atomic E-state index is 13.0. The fourth-order valence-electron chi connectivity index (χ4n) is 3.18. The number of ether oxygens (including phenoxy) is 1. The Morgan fingerprint density at radius 2 is 1.72 bits per heavy atom. The van der Waals surface area contributed by atoms with Crippen molar-refractivity contribution in [2.75, 3.05) is 33.3 Å². The Labute approximate surface area is 150 Å². The van der Waals surface area contributed by atoms with Gasteiger partial charge < -0.3 is 19.9 Å². The van der Waals surface area contributed by atoms with E-state index in [1.807, 2.05) is 44.7 Å². The summed E-state index contributed by atoms with van der Waals surface area (Å²) in [4.78, 5) is 28.8. The van der Waals surface area contributed by atoms with Crippen molar-refractivity contribution in [3.8, 4) is 5.75 Å². The highest BCUT2D eigenvalue weighted by Crippen LogP contribution is 2.26. The summed E-state index contributed by atoms with van der Waals surface area (Å²) in [6.07, 6.45) is 0.768. The molecule has 1 N–H and O–H groups in total. The molecule has 0 spiro atoms. The number of carbonyl (C=O) groups is 2. The number of rotatable bonds is 3. The zero-order valence-electron chi connectivity index (χ0n) is 15.9. The Morgan fingerprint density at radius 3 is 2.36 bits per heavy atom. The number of benzene rings is 1. The summed E-state index contributed by atoms with van der Waals surface area (Å²) in [5.74, 6) is 0.585. The van der Waals surface area contributed by atoms with E-state index in [-0.39, 0.29) is 18.0 Å². The van der Waals surface area contributed by atoms with Gasteiger partial charge >= 0.3 is 6.03 Å². The van der Waals surface area contributed by atoms with Gasteiger partial charge in [-0.15, -0.1) is 0 Å². The molecular formula is C19H29N3O3. The van der Waals surface area contributed by atoms with Gasteiger partial charge in [-0.2, -0.15) is 0 Å². The average Bonchev–Trinajstić information content (AvgIpc) is 2.79. The molecule has 2 rings (SSSR count). The number of nitrogens with zero attached hydrogens (tertiary/aromatic N) is 2. The second-order valence-electron chi connectivity index (χ2n) is 6.90. The lowest BCUT2D eigenvalue weighted by Gasteiger charge is -2.24. The summed E-state index contributed by atoms with van der Waals surface area (Å²) >= 11 is 0. The molecule has 0 unspecified atom stereocenters. The summed E-state index contributed by atoms with van der Waals surface area (Å²) in [5, 5.41) is 2.91. The number of hydrogen-bond donors (Lipinski definition) is 1. The van der Waals surface area contributed by atoms with Crippen molar-refractivity contribution in [3.05, 3.63) is 28.8 Å². The van der Waals surface area contributed by atoms with Crippen molar-refractivity contribution in [2.45, 2.75) is 40.2 Å². The number of nitrogens with one attached hydrogen (secondary N) is 1. The monoisotopic (exact) mass is 347 g/mol. The van der Waals surface area contributed by atoms with Crippen LogP contribution in [0.25, 0.3) is 0 Å². The Kier molecular flexibility index (Phi) is 6.28. The first-order chi connectivity index (χ1) is 11.8. The molecule has 1 aliphatic rings. The van der Waals surface area contributed by atoms with E-state index in [9.17, 15) is 9.59 Å². The van der Waals surface area contributed by atoms with Crippen molar-refractivity contribution in [1.29, 1.82) is 0 Å². The van der Waals surface area contributed by atoms with Crippen molar-refractivity contribution < 1.29 is 14.3 Å². The zero-order chi connectivity index (χ0) is 18.6. The van der Waals surface area contributed by atoms with E-state index < -0.39 is 0 Å².